The number of nitrogens with one attached hydrogen (secondary N) is 1. The molecule has 2 aromatic carbocycles. The van der Waals surface area contributed by atoms with Crippen molar-refractivity contribution in [2.75, 3.05) is 64.9 Å². The molecule has 5 aliphatic heterocycles. The number of hydrogen-bond donors (Lipinski definition) is 1. The number of carbonyl (C=O) groups is 2. The van der Waals surface area contributed by atoms with Gasteiger partial charge in [-0.3, -0.25) is 24.3 Å². The Hall–Kier alpha value is -4.81. The molecular weight excluding hydrogens is 675 g/mol. The number of nitrogens with zero attached hydrogens (tertiary/aromatic N) is 5. The van der Waals surface area contributed by atoms with Gasteiger partial charge in [-0.25, -0.2) is 4.39 Å². The first-order valence-electron chi connectivity index (χ1n) is 18.8. The average molecular weight is 723 g/mol. The fourth-order valence-electron chi connectivity index (χ4n) is 9.16. The van der Waals surface area contributed by atoms with Gasteiger partial charge in [-0.1, -0.05) is 6.08 Å². The Morgan fingerprint density at radius 2 is 1.92 bits per heavy atom. The van der Waals surface area contributed by atoms with E-state index in [4.69, 9.17) is 9.47 Å². The monoisotopic (exact) mass is 722 g/mol. The van der Waals surface area contributed by atoms with E-state index in [1.807, 2.05) is 41.8 Å². The van der Waals surface area contributed by atoms with E-state index in [1.54, 1.807) is 19.5 Å². The molecule has 0 radical (unpaired) electrons. The summed E-state index contributed by atoms with van der Waals surface area (Å²) in [6.45, 7) is 10.4. The van der Waals surface area contributed by atoms with Gasteiger partial charge in [0.05, 0.1) is 29.9 Å². The standard InChI is InChI=1S/C41H47FN6O5/c1-5-25-22-47-13-11-26(25)18-35(47)40(28-10-12-43-34-9-7-27(52-4)19-30(28)34)53-36(49)21-44-41(51)32-23-48-24(2)6-8-29-37(48)31(39(32)50)20-33(42)38(29)46-16-14-45(3)15-17-46/h5,7,9-10,12,19-20,23-26,35,40H,1,6,8,11,13-18,21-22H2,2-4H3,(H,44,51)/t24-,25+,26+,35+,40-/m1/s1. The number of methoxy groups -OCH3 is 1. The molecule has 0 aliphatic carbocycles. The third kappa shape index (κ3) is 6.35. The highest BCUT2D eigenvalue weighted by molar-refractivity contribution is 6.00. The molecule has 9 rings (SSSR count). The second-order valence-electron chi connectivity index (χ2n) is 15.2. The Morgan fingerprint density at radius 1 is 1.11 bits per heavy atom. The Morgan fingerprint density at radius 3 is 2.66 bits per heavy atom. The van der Waals surface area contributed by atoms with Gasteiger partial charge < -0.3 is 29.2 Å². The lowest BCUT2D eigenvalue weighted by Crippen LogP contribution is -2.55. The molecule has 4 aromatic rings. The SMILES string of the molecule is C=C[C@H]1CN2CC[C@H]1C[C@H]2[C@H](OC(=O)CNC(=O)c1cn2c3c(c(N4CCN(C)CC4)c(F)cc3c1=O)CC[C@H]2C)c1ccnc2ccc(OC)cc12. The number of halogens is 1. The quantitative estimate of drug-likeness (QED) is 0.191. The lowest BCUT2D eigenvalue weighted by molar-refractivity contribution is -0.156. The molecule has 1 amide bonds. The Labute approximate surface area is 308 Å². The number of anilines is 1. The molecule has 278 valence electrons. The maximum Gasteiger partial charge on any atom is 0.326 e. The maximum absolute atomic E-state index is 15.9. The van der Waals surface area contributed by atoms with Crippen LogP contribution in [0.15, 0.2) is 60.2 Å². The molecule has 0 saturated carbocycles. The fraction of sp³-hybridized carbons (Fsp3) is 0.463. The van der Waals surface area contributed by atoms with Crippen molar-refractivity contribution in [1.29, 1.82) is 0 Å². The number of carbonyl (C=O) groups excluding carboxylic acids is 2. The van der Waals surface area contributed by atoms with E-state index in [0.29, 0.717) is 48.3 Å². The number of likely N-dealkylation sites (N-methyl/N-ethyl adjacent to an activating group) is 1. The van der Waals surface area contributed by atoms with Gasteiger partial charge >= 0.3 is 5.97 Å². The minimum absolute atomic E-state index is 0.0102. The van der Waals surface area contributed by atoms with Crippen LogP contribution in [0.2, 0.25) is 0 Å². The molecule has 11 nitrogen and oxygen atoms in total. The van der Waals surface area contributed by atoms with Gasteiger partial charge in [0.25, 0.3) is 5.91 Å². The minimum Gasteiger partial charge on any atom is -0.497 e. The van der Waals surface area contributed by atoms with Crippen molar-refractivity contribution in [3.8, 4) is 5.75 Å². The van der Waals surface area contributed by atoms with Gasteiger partial charge in [-0.05, 0) is 88.4 Å². The second kappa shape index (κ2) is 14.2. The van der Waals surface area contributed by atoms with Crippen molar-refractivity contribution in [3.63, 3.8) is 0 Å². The van der Waals surface area contributed by atoms with Crippen molar-refractivity contribution in [1.82, 2.24) is 24.7 Å². The number of pyridine rings is 2. The van der Waals surface area contributed by atoms with Crippen molar-refractivity contribution >= 4 is 39.4 Å². The maximum atomic E-state index is 15.9. The van der Waals surface area contributed by atoms with Crippen LogP contribution in [0.25, 0.3) is 21.8 Å². The summed E-state index contributed by atoms with van der Waals surface area (Å²) in [7, 11) is 3.66. The predicted molar refractivity (Wildman–Crippen MR) is 202 cm³/mol. The summed E-state index contributed by atoms with van der Waals surface area (Å²) >= 11 is 0. The van der Waals surface area contributed by atoms with Crippen LogP contribution in [0.1, 0.15) is 59.8 Å². The Kier molecular flexibility index (Phi) is 9.44. The lowest BCUT2D eigenvalue weighted by Gasteiger charge is -2.51. The number of ether oxygens (including phenoxy) is 2. The fourth-order valence-corrected chi connectivity index (χ4v) is 9.16. The summed E-state index contributed by atoms with van der Waals surface area (Å²) in [6.07, 6.45) is 7.96. The average Bonchev–Trinajstić information content (AvgIpc) is 3.18. The van der Waals surface area contributed by atoms with Crippen molar-refractivity contribution in [2.24, 2.45) is 11.8 Å². The molecule has 4 fully saturated rings. The van der Waals surface area contributed by atoms with Crippen LogP contribution in [-0.4, -0.2) is 97.2 Å². The van der Waals surface area contributed by atoms with E-state index in [2.05, 4.69) is 38.6 Å². The molecule has 53 heavy (non-hydrogen) atoms. The van der Waals surface area contributed by atoms with Gasteiger partial charge in [0, 0.05) is 73.1 Å². The van der Waals surface area contributed by atoms with Crippen LogP contribution < -0.4 is 20.4 Å². The third-order valence-electron chi connectivity index (χ3n) is 12.1. The molecule has 6 atom stereocenters. The first-order chi connectivity index (χ1) is 25.6. The Balaban J connectivity index is 1.07. The first kappa shape index (κ1) is 35.2. The number of aromatic nitrogens is 2. The smallest absolute Gasteiger partial charge is 0.326 e. The van der Waals surface area contributed by atoms with Crippen LogP contribution in [-0.2, 0) is 16.0 Å². The van der Waals surface area contributed by atoms with E-state index in [0.717, 1.165) is 67.5 Å². The number of rotatable bonds is 9. The van der Waals surface area contributed by atoms with Gasteiger partial charge in [-0.15, -0.1) is 6.58 Å². The summed E-state index contributed by atoms with van der Waals surface area (Å²) in [4.78, 5) is 52.6. The van der Waals surface area contributed by atoms with E-state index in [9.17, 15) is 14.4 Å². The van der Waals surface area contributed by atoms with E-state index >= 15 is 4.39 Å². The summed E-state index contributed by atoms with van der Waals surface area (Å²) in [5, 5.41) is 3.66. The van der Waals surface area contributed by atoms with E-state index in [-0.39, 0.29) is 23.0 Å². The Bertz CT molecular complexity index is 2160. The van der Waals surface area contributed by atoms with E-state index in [1.165, 1.54) is 6.07 Å². The third-order valence-corrected chi connectivity index (χ3v) is 12.1. The number of hydrogen-bond acceptors (Lipinski definition) is 9. The second-order valence-corrected chi connectivity index (χ2v) is 15.2. The number of fused-ring (bicyclic) bond motifs is 4. The predicted octanol–water partition coefficient (Wildman–Crippen LogP) is 4.87. The summed E-state index contributed by atoms with van der Waals surface area (Å²) in [5.74, 6) is -0.306. The topological polar surface area (TPSA) is 109 Å². The molecule has 12 heteroatoms. The zero-order valence-corrected chi connectivity index (χ0v) is 30.6. The van der Waals surface area contributed by atoms with E-state index < -0.39 is 35.8 Å². The van der Waals surface area contributed by atoms with Gasteiger partial charge in [0.1, 0.15) is 29.8 Å². The van der Waals surface area contributed by atoms with Crippen molar-refractivity contribution in [3.05, 3.63) is 88.1 Å². The number of amides is 1. The largest absolute Gasteiger partial charge is 0.497 e. The van der Waals surface area contributed by atoms with Gasteiger partial charge in [0.15, 0.2) is 0 Å². The number of benzene rings is 2. The molecule has 2 bridgehead atoms. The number of piperazine rings is 1. The van der Waals surface area contributed by atoms with Gasteiger partial charge in [-0.2, -0.15) is 0 Å². The minimum atomic E-state index is -0.703. The first-order valence-corrected chi connectivity index (χ1v) is 18.8. The van der Waals surface area contributed by atoms with Crippen molar-refractivity contribution in [2.45, 2.75) is 50.8 Å². The normalized spacial score (nSPS) is 24.6. The molecule has 4 saturated heterocycles. The highest BCUT2D eigenvalue weighted by Crippen LogP contribution is 2.44. The summed E-state index contributed by atoms with van der Waals surface area (Å²) in [5.41, 5.74) is 2.93. The molecule has 5 aliphatic rings. The number of piperidine rings is 3. The van der Waals surface area contributed by atoms with Crippen LogP contribution in [0, 0.1) is 17.7 Å². The zero-order valence-electron chi connectivity index (χ0n) is 30.6. The summed E-state index contributed by atoms with van der Waals surface area (Å²) < 4.78 is 29.7. The van der Waals surface area contributed by atoms with Crippen LogP contribution in [0.4, 0.5) is 10.1 Å². The van der Waals surface area contributed by atoms with Crippen LogP contribution >= 0.6 is 0 Å². The summed E-state index contributed by atoms with van der Waals surface area (Å²) in [6, 6.07) is 8.73. The zero-order chi connectivity index (χ0) is 37.0. The highest BCUT2D eigenvalue weighted by atomic mass is 19.1. The van der Waals surface area contributed by atoms with Crippen LogP contribution in [0.5, 0.6) is 5.75 Å². The lowest BCUT2D eigenvalue weighted by atomic mass is 9.73. The molecule has 1 N–H and O–H groups in total. The molecule has 0 spiro atoms. The molecular formula is C41H47FN6O5. The highest BCUT2D eigenvalue weighted by Gasteiger charge is 2.44. The number of aryl methyl sites for hydroxylation is 1. The van der Waals surface area contributed by atoms with Crippen molar-refractivity contribution < 1.29 is 23.5 Å². The van der Waals surface area contributed by atoms with Crippen LogP contribution in [0.3, 0.4) is 0 Å². The molecule has 7 heterocycles. The van der Waals surface area contributed by atoms with Gasteiger partial charge in [0.2, 0.25) is 5.43 Å². The molecule has 1 unspecified atom stereocenters. The number of esters is 1. The molecule has 2 aromatic heterocycles.